The van der Waals surface area contributed by atoms with E-state index in [9.17, 15) is 5.26 Å². The summed E-state index contributed by atoms with van der Waals surface area (Å²) in [5, 5.41) is 14.3. The van der Waals surface area contributed by atoms with Gasteiger partial charge in [-0.15, -0.1) is 0 Å². The first kappa shape index (κ1) is 15.9. The molecule has 6 heteroatoms. The largest absolute Gasteiger partial charge is 0.422 e. The van der Waals surface area contributed by atoms with Gasteiger partial charge >= 0.3 is 0 Å². The molecule has 0 bridgehead atoms. The number of ether oxygens (including phenoxy) is 1. The van der Waals surface area contributed by atoms with E-state index in [-0.39, 0.29) is 11.8 Å². The van der Waals surface area contributed by atoms with Crippen LogP contribution in [-0.2, 0) is 0 Å². The number of hydrogen-bond donors (Lipinski definition) is 1. The van der Waals surface area contributed by atoms with Crippen LogP contribution in [0.5, 0.6) is 5.88 Å². The number of aryl methyl sites for hydroxylation is 2. The summed E-state index contributed by atoms with van der Waals surface area (Å²) in [4.78, 5) is 4.07. The molecule has 3 aromatic rings. The average Bonchev–Trinajstić information content (AvgIpc) is 2.98. The van der Waals surface area contributed by atoms with Gasteiger partial charge < -0.3 is 10.5 Å². The molecule has 26 heavy (non-hydrogen) atoms. The summed E-state index contributed by atoms with van der Waals surface area (Å²) in [5.74, 6) is 0.325. The quantitative estimate of drug-likeness (QED) is 0.772. The number of hydrogen-bond acceptors (Lipinski definition) is 5. The van der Waals surface area contributed by atoms with Crippen molar-refractivity contribution in [3.63, 3.8) is 0 Å². The van der Waals surface area contributed by atoms with Crippen LogP contribution in [0.3, 0.4) is 0 Å². The van der Waals surface area contributed by atoms with Gasteiger partial charge in [0.05, 0.1) is 22.9 Å². The van der Waals surface area contributed by atoms with Crippen molar-refractivity contribution < 1.29 is 4.74 Å². The van der Waals surface area contributed by atoms with Crippen molar-refractivity contribution >= 4 is 0 Å². The molecule has 1 aromatic carbocycles. The van der Waals surface area contributed by atoms with Gasteiger partial charge in [0.2, 0.25) is 11.8 Å². The number of nitrogens with two attached hydrogens (primary N) is 1. The van der Waals surface area contributed by atoms with Crippen molar-refractivity contribution in [3.8, 4) is 17.6 Å². The molecular formula is C20H17N5O. The molecule has 0 saturated carbocycles. The molecule has 0 amide bonds. The fourth-order valence-corrected chi connectivity index (χ4v) is 3.26. The van der Waals surface area contributed by atoms with Crippen LogP contribution in [0, 0.1) is 25.2 Å². The molecule has 2 N–H and O–H groups in total. The molecular weight excluding hydrogens is 326 g/mol. The number of nitrogens with zero attached hydrogens (tertiary/aromatic N) is 4. The molecule has 0 radical (unpaired) electrons. The summed E-state index contributed by atoms with van der Waals surface area (Å²) >= 11 is 0. The maximum Gasteiger partial charge on any atom is 0.229 e. The molecule has 2 aromatic heterocycles. The molecule has 1 atom stereocenters. The highest BCUT2D eigenvalue weighted by atomic mass is 16.5. The summed E-state index contributed by atoms with van der Waals surface area (Å²) in [5.41, 5.74) is 11.1. The number of nitriles is 1. The minimum absolute atomic E-state index is 0.107. The molecule has 0 spiro atoms. The predicted molar refractivity (Wildman–Crippen MR) is 96.6 cm³/mol. The van der Waals surface area contributed by atoms with Crippen molar-refractivity contribution in [1.82, 2.24) is 14.8 Å². The van der Waals surface area contributed by atoms with Crippen molar-refractivity contribution in [1.29, 1.82) is 5.26 Å². The van der Waals surface area contributed by atoms with Gasteiger partial charge in [-0.2, -0.15) is 10.4 Å². The number of fused-ring (bicyclic) bond motifs is 1. The number of rotatable bonds is 2. The Bertz CT molecular complexity index is 1040. The molecule has 6 nitrogen and oxygen atoms in total. The third kappa shape index (κ3) is 2.42. The van der Waals surface area contributed by atoms with Gasteiger partial charge in [0.25, 0.3) is 0 Å². The molecule has 0 unspecified atom stereocenters. The highest BCUT2D eigenvalue weighted by Gasteiger charge is 2.36. The van der Waals surface area contributed by atoms with Gasteiger partial charge in [0, 0.05) is 12.4 Å². The van der Waals surface area contributed by atoms with Gasteiger partial charge in [0.15, 0.2) is 0 Å². The third-order valence-electron chi connectivity index (χ3n) is 4.55. The van der Waals surface area contributed by atoms with E-state index >= 15 is 0 Å². The lowest BCUT2D eigenvalue weighted by Crippen LogP contribution is -2.22. The number of benzene rings is 1. The van der Waals surface area contributed by atoms with Crippen LogP contribution in [0.1, 0.15) is 28.3 Å². The van der Waals surface area contributed by atoms with E-state index in [1.807, 2.05) is 50.2 Å². The van der Waals surface area contributed by atoms with Gasteiger partial charge in [-0.3, -0.25) is 4.98 Å². The number of aromatic nitrogens is 3. The Hall–Kier alpha value is -3.59. The molecule has 1 aliphatic rings. The maximum atomic E-state index is 9.65. The topological polar surface area (TPSA) is 89.8 Å². The van der Waals surface area contributed by atoms with Gasteiger partial charge in [-0.1, -0.05) is 17.7 Å². The van der Waals surface area contributed by atoms with Crippen LogP contribution in [0.2, 0.25) is 0 Å². The summed E-state index contributed by atoms with van der Waals surface area (Å²) in [6.07, 6.45) is 3.41. The van der Waals surface area contributed by atoms with Gasteiger partial charge in [-0.05, 0) is 43.7 Å². The second kappa shape index (κ2) is 6.05. The van der Waals surface area contributed by atoms with Crippen molar-refractivity contribution in [2.24, 2.45) is 5.73 Å². The second-order valence-electron chi connectivity index (χ2n) is 6.26. The summed E-state index contributed by atoms with van der Waals surface area (Å²) in [6.45, 7) is 3.95. The highest BCUT2D eigenvalue weighted by Crippen LogP contribution is 2.44. The third-order valence-corrected chi connectivity index (χ3v) is 4.55. The van der Waals surface area contributed by atoms with E-state index in [2.05, 4.69) is 16.2 Å². The second-order valence-corrected chi connectivity index (χ2v) is 6.26. The SMILES string of the molecule is Cc1ccc(-n2nc(C)c3c2OC(N)=C(C#N)[C@@H]3c2ccncc2)cc1. The van der Waals surface area contributed by atoms with Crippen LogP contribution >= 0.6 is 0 Å². The first-order valence-corrected chi connectivity index (χ1v) is 8.24. The zero-order chi connectivity index (χ0) is 18.3. The molecule has 1 aliphatic heterocycles. The number of allylic oxidation sites excluding steroid dienone is 1. The van der Waals surface area contributed by atoms with E-state index in [1.165, 1.54) is 0 Å². The average molecular weight is 343 g/mol. The summed E-state index contributed by atoms with van der Waals surface area (Å²) < 4.78 is 7.58. The first-order chi connectivity index (χ1) is 12.6. The van der Waals surface area contributed by atoms with E-state index in [1.54, 1.807) is 17.1 Å². The number of pyridine rings is 1. The Morgan fingerprint density at radius 1 is 1.12 bits per heavy atom. The van der Waals surface area contributed by atoms with E-state index < -0.39 is 0 Å². The van der Waals surface area contributed by atoms with Crippen LogP contribution < -0.4 is 10.5 Å². The highest BCUT2D eigenvalue weighted by molar-refractivity contribution is 5.56. The lowest BCUT2D eigenvalue weighted by atomic mass is 9.84. The molecule has 0 saturated heterocycles. The molecule has 4 rings (SSSR count). The van der Waals surface area contributed by atoms with Crippen LogP contribution in [0.25, 0.3) is 5.69 Å². The summed E-state index contributed by atoms with van der Waals surface area (Å²) in [7, 11) is 0. The smallest absolute Gasteiger partial charge is 0.229 e. The lowest BCUT2D eigenvalue weighted by molar-refractivity contribution is 0.367. The predicted octanol–water partition coefficient (Wildman–Crippen LogP) is 3.10. The van der Waals surface area contributed by atoms with Crippen LogP contribution in [0.4, 0.5) is 0 Å². The Kier molecular flexibility index (Phi) is 3.70. The van der Waals surface area contributed by atoms with E-state index in [0.29, 0.717) is 11.5 Å². The Balaban J connectivity index is 1.95. The molecule has 0 aliphatic carbocycles. The minimum atomic E-state index is -0.328. The van der Waals surface area contributed by atoms with Gasteiger partial charge in [0.1, 0.15) is 11.6 Å². The fraction of sp³-hybridized carbons (Fsp3) is 0.150. The maximum absolute atomic E-state index is 9.65. The Morgan fingerprint density at radius 3 is 2.46 bits per heavy atom. The van der Waals surface area contributed by atoms with E-state index in [0.717, 1.165) is 28.1 Å². The standard InChI is InChI=1S/C20H17N5O/c1-12-3-5-15(6-4-12)25-20-17(13(2)24-25)18(14-7-9-23-10-8-14)16(11-21)19(22)26-20/h3-10,18H,22H2,1-2H3/t18-/m0/s1. The van der Waals surface area contributed by atoms with Crippen molar-refractivity contribution in [3.05, 3.63) is 82.6 Å². The molecule has 128 valence electrons. The van der Waals surface area contributed by atoms with E-state index in [4.69, 9.17) is 10.5 Å². The zero-order valence-corrected chi connectivity index (χ0v) is 14.5. The van der Waals surface area contributed by atoms with Gasteiger partial charge in [-0.25, -0.2) is 4.68 Å². The Labute approximate surface area is 151 Å². The Morgan fingerprint density at radius 2 is 1.81 bits per heavy atom. The van der Waals surface area contributed by atoms with Crippen LogP contribution in [0.15, 0.2) is 60.2 Å². The minimum Gasteiger partial charge on any atom is -0.422 e. The molecule has 0 fully saturated rings. The van der Waals surface area contributed by atoms with Crippen molar-refractivity contribution in [2.75, 3.05) is 0 Å². The normalized spacial score (nSPS) is 16.0. The van der Waals surface area contributed by atoms with Crippen molar-refractivity contribution in [2.45, 2.75) is 19.8 Å². The fourth-order valence-electron chi connectivity index (χ4n) is 3.26. The molecule has 3 heterocycles. The summed E-state index contributed by atoms with van der Waals surface area (Å²) in [6, 6.07) is 14.0. The monoisotopic (exact) mass is 343 g/mol. The van der Waals surface area contributed by atoms with Crippen LogP contribution in [-0.4, -0.2) is 14.8 Å². The lowest BCUT2D eigenvalue weighted by Gasteiger charge is -2.24. The first-order valence-electron chi connectivity index (χ1n) is 8.24. The zero-order valence-electron chi connectivity index (χ0n) is 14.5.